The van der Waals surface area contributed by atoms with Crippen molar-refractivity contribution in [2.45, 2.75) is 19.4 Å². The molecule has 0 spiro atoms. The molecule has 1 aromatic rings. The van der Waals surface area contributed by atoms with Crippen molar-refractivity contribution < 1.29 is 9.84 Å². The lowest BCUT2D eigenvalue weighted by molar-refractivity contribution is 0.170. The molecule has 13 heavy (non-hydrogen) atoms. The van der Waals surface area contributed by atoms with E-state index in [0.717, 1.165) is 12.8 Å². The van der Waals surface area contributed by atoms with Crippen molar-refractivity contribution in [3.63, 3.8) is 0 Å². The van der Waals surface area contributed by atoms with Crippen LogP contribution in [-0.4, -0.2) is 11.7 Å². The molecule has 0 aromatic heterocycles. The largest absolute Gasteiger partial charge is 0.396 e. The van der Waals surface area contributed by atoms with Crippen LogP contribution in [0.15, 0.2) is 30.3 Å². The van der Waals surface area contributed by atoms with Crippen molar-refractivity contribution in [3.05, 3.63) is 42.5 Å². The van der Waals surface area contributed by atoms with E-state index >= 15 is 0 Å². The molecular weight excluding hydrogens is 164 g/mol. The van der Waals surface area contributed by atoms with E-state index < -0.39 is 0 Å². The van der Waals surface area contributed by atoms with Gasteiger partial charge in [0.25, 0.3) is 0 Å². The van der Waals surface area contributed by atoms with Crippen molar-refractivity contribution in [1.29, 1.82) is 0 Å². The van der Waals surface area contributed by atoms with E-state index in [-0.39, 0.29) is 6.61 Å². The summed E-state index contributed by atoms with van der Waals surface area (Å²) in [5.41, 5.74) is 1.17. The van der Waals surface area contributed by atoms with E-state index in [1.807, 2.05) is 30.3 Å². The Bertz CT molecular complexity index is 209. The molecule has 1 aromatic carbocycles. The molecular formula is C11H15O2. The zero-order chi connectivity index (χ0) is 9.36. The van der Waals surface area contributed by atoms with Gasteiger partial charge in [-0.15, -0.1) is 0 Å². The highest BCUT2D eigenvalue weighted by Gasteiger charge is 1.91. The highest BCUT2D eigenvalue weighted by Crippen LogP contribution is 2.03. The maximum absolute atomic E-state index is 8.51. The fourth-order valence-corrected chi connectivity index (χ4v) is 0.987. The molecule has 1 rings (SSSR count). The summed E-state index contributed by atoms with van der Waals surface area (Å²) in [5, 5.41) is 8.51. The standard InChI is InChI=1S/C11H15O2/c12-8-4-5-9-13-10-11-6-2-1-3-7-11/h1-3,6-7,9,12H,4-5,8,10H2. The van der Waals surface area contributed by atoms with E-state index in [9.17, 15) is 0 Å². The quantitative estimate of drug-likeness (QED) is 0.678. The molecule has 0 aliphatic heterocycles. The van der Waals surface area contributed by atoms with Gasteiger partial charge in [-0.05, 0) is 18.4 Å². The minimum atomic E-state index is 0.227. The third-order valence-corrected chi connectivity index (χ3v) is 1.69. The average molecular weight is 179 g/mol. The first-order valence-electron chi connectivity index (χ1n) is 4.51. The number of benzene rings is 1. The molecule has 0 amide bonds. The smallest absolute Gasteiger partial charge is 0.0842 e. The second-order valence-corrected chi connectivity index (χ2v) is 2.83. The molecule has 0 unspecified atom stereocenters. The molecule has 0 aliphatic carbocycles. The second-order valence-electron chi connectivity index (χ2n) is 2.83. The lowest BCUT2D eigenvalue weighted by Gasteiger charge is -2.02. The number of aliphatic hydroxyl groups excluding tert-OH is 1. The third-order valence-electron chi connectivity index (χ3n) is 1.69. The monoisotopic (exact) mass is 179 g/mol. The predicted molar refractivity (Wildman–Crippen MR) is 51.9 cm³/mol. The molecule has 0 fully saturated rings. The Morgan fingerprint density at radius 2 is 2.00 bits per heavy atom. The fourth-order valence-electron chi connectivity index (χ4n) is 0.987. The van der Waals surface area contributed by atoms with Gasteiger partial charge in [-0.2, -0.15) is 0 Å². The Kier molecular flexibility index (Phi) is 5.22. The fraction of sp³-hybridized carbons (Fsp3) is 0.364. The van der Waals surface area contributed by atoms with Crippen molar-refractivity contribution in [3.8, 4) is 0 Å². The molecule has 0 heterocycles. The molecule has 0 aliphatic rings. The number of ether oxygens (including phenoxy) is 1. The number of unbranched alkanes of at least 4 members (excludes halogenated alkanes) is 1. The van der Waals surface area contributed by atoms with Gasteiger partial charge in [0, 0.05) is 6.61 Å². The summed E-state index contributed by atoms with van der Waals surface area (Å²) in [6, 6.07) is 10.0. The Hall–Kier alpha value is -0.860. The van der Waals surface area contributed by atoms with Crippen LogP contribution in [0.25, 0.3) is 0 Å². The molecule has 0 saturated carbocycles. The van der Waals surface area contributed by atoms with E-state index in [0.29, 0.717) is 6.61 Å². The van der Waals surface area contributed by atoms with Gasteiger partial charge in [0.2, 0.25) is 0 Å². The summed E-state index contributed by atoms with van der Waals surface area (Å²) in [7, 11) is 0. The van der Waals surface area contributed by atoms with Crippen LogP contribution in [0.4, 0.5) is 0 Å². The highest BCUT2D eigenvalue weighted by molar-refractivity contribution is 5.13. The Labute approximate surface area is 79.2 Å². The molecule has 0 saturated heterocycles. The first-order chi connectivity index (χ1) is 6.43. The van der Waals surface area contributed by atoms with Crippen LogP contribution in [0.1, 0.15) is 18.4 Å². The van der Waals surface area contributed by atoms with Gasteiger partial charge in [-0.1, -0.05) is 30.3 Å². The zero-order valence-electron chi connectivity index (χ0n) is 7.65. The maximum Gasteiger partial charge on any atom is 0.0842 e. The van der Waals surface area contributed by atoms with Crippen molar-refractivity contribution in [1.82, 2.24) is 0 Å². The van der Waals surface area contributed by atoms with Crippen molar-refractivity contribution >= 4 is 0 Å². The van der Waals surface area contributed by atoms with Gasteiger partial charge < -0.3 is 9.84 Å². The van der Waals surface area contributed by atoms with Gasteiger partial charge in [-0.25, -0.2) is 0 Å². The zero-order valence-corrected chi connectivity index (χ0v) is 7.65. The van der Waals surface area contributed by atoms with Crippen LogP contribution >= 0.6 is 0 Å². The Morgan fingerprint density at radius 3 is 2.69 bits per heavy atom. The number of aliphatic hydroxyl groups is 1. The molecule has 0 bridgehead atoms. The van der Waals surface area contributed by atoms with Gasteiger partial charge in [0.1, 0.15) is 0 Å². The van der Waals surface area contributed by atoms with Gasteiger partial charge in [-0.3, -0.25) is 0 Å². The Balaban J connectivity index is 2.07. The van der Waals surface area contributed by atoms with Crippen LogP contribution in [-0.2, 0) is 11.3 Å². The summed E-state index contributed by atoms with van der Waals surface area (Å²) in [6.45, 7) is 2.60. The molecule has 0 atom stereocenters. The van der Waals surface area contributed by atoms with Crippen molar-refractivity contribution in [2.75, 3.05) is 6.61 Å². The van der Waals surface area contributed by atoms with E-state index in [4.69, 9.17) is 9.84 Å². The average Bonchev–Trinajstić information content (AvgIpc) is 2.19. The van der Waals surface area contributed by atoms with Gasteiger partial charge >= 0.3 is 0 Å². The van der Waals surface area contributed by atoms with Crippen LogP contribution in [0.5, 0.6) is 0 Å². The number of hydrogen-bond donors (Lipinski definition) is 1. The van der Waals surface area contributed by atoms with E-state index in [1.165, 1.54) is 5.56 Å². The van der Waals surface area contributed by atoms with Gasteiger partial charge in [0.15, 0.2) is 0 Å². The third kappa shape index (κ3) is 4.65. The molecule has 2 heteroatoms. The Morgan fingerprint density at radius 1 is 1.23 bits per heavy atom. The van der Waals surface area contributed by atoms with Crippen LogP contribution in [0.2, 0.25) is 0 Å². The summed E-state index contributed by atoms with van der Waals surface area (Å²) in [4.78, 5) is 0. The SMILES string of the molecule is OCCC[CH]OCc1ccccc1. The van der Waals surface area contributed by atoms with Crippen LogP contribution in [0.3, 0.4) is 0 Å². The lowest BCUT2D eigenvalue weighted by Crippen LogP contribution is -1.91. The van der Waals surface area contributed by atoms with Crippen LogP contribution in [0, 0.1) is 6.61 Å². The summed E-state index contributed by atoms with van der Waals surface area (Å²) >= 11 is 0. The van der Waals surface area contributed by atoms with E-state index in [2.05, 4.69) is 0 Å². The molecule has 2 nitrogen and oxygen atoms in total. The predicted octanol–water partition coefficient (Wildman–Crippen LogP) is 2.14. The first kappa shape index (κ1) is 10.2. The van der Waals surface area contributed by atoms with E-state index in [1.54, 1.807) is 6.61 Å². The summed E-state index contributed by atoms with van der Waals surface area (Å²) < 4.78 is 5.29. The topological polar surface area (TPSA) is 29.5 Å². The molecule has 71 valence electrons. The first-order valence-corrected chi connectivity index (χ1v) is 4.51. The van der Waals surface area contributed by atoms with Gasteiger partial charge in [0.05, 0.1) is 13.2 Å². The summed E-state index contributed by atoms with van der Waals surface area (Å²) in [5.74, 6) is 0. The normalized spacial score (nSPS) is 10.2. The summed E-state index contributed by atoms with van der Waals surface area (Å²) in [6.07, 6.45) is 1.58. The molecule has 1 N–H and O–H groups in total. The highest BCUT2D eigenvalue weighted by atomic mass is 16.5. The maximum atomic E-state index is 8.51. The lowest BCUT2D eigenvalue weighted by atomic mass is 10.2. The number of rotatable bonds is 6. The second kappa shape index (κ2) is 6.63. The minimum Gasteiger partial charge on any atom is -0.396 e. The minimum absolute atomic E-state index is 0.227. The van der Waals surface area contributed by atoms with Crippen LogP contribution < -0.4 is 0 Å². The molecule has 1 radical (unpaired) electrons. The van der Waals surface area contributed by atoms with Crippen molar-refractivity contribution in [2.24, 2.45) is 0 Å². The number of hydrogen-bond acceptors (Lipinski definition) is 2.